The highest BCUT2D eigenvalue weighted by Gasteiger charge is 2.20. The summed E-state index contributed by atoms with van der Waals surface area (Å²) in [6.07, 6.45) is -0.129. The Morgan fingerprint density at radius 2 is 2.32 bits per heavy atom. The van der Waals surface area contributed by atoms with Crippen molar-refractivity contribution in [3.63, 3.8) is 0 Å². The normalized spacial score (nSPS) is 20.4. The van der Waals surface area contributed by atoms with Crippen molar-refractivity contribution in [3.8, 4) is 0 Å². The summed E-state index contributed by atoms with van der Waals surface area (Å²) >= 11 is 5.82. The van der Waals surface area contributed by atoms with Gasteiger partial charge >= 0.3 is 0 Å². The number of rotatable bonds is 4. The first-order chi connectivity index (χ1) is 8.99. The molecule has 2 N–H and O–H groups in total. The molecule has 1 fully saturated rings. The van der Waals surface area contributed by atoms with Gasteiger partial charge in [0.05, 0.1) is 17.6 Å². The zero-order valence-electron chi connectivity index (χ0n) is 10.6. The molecule has 7 heteroatoms. The highest BCUT2D eigenvalue weighted by molar-refractivity contribution is 7.89. The zero-order chi connectivity index (χ0) is 13.9. The third kappa shape index (κ3) is 3.90. The second-order valence-electron chi connectivity index (χ2n) is 4.46. The number of ether oxygens (including phenoxy) is 1. The fourth-order valence-corrected chi connectivity index (χ4v) is 3.46. The first-order valence-electron chi connectivity index (χ1n) is 6.07. The molecule has 0 bridgehead atoms. The van der Waals surface area contributed by atoms with Crippen LogP contribution >= 0.6 is 11.6 Å². The molecule has 1 saturated heterocycles. The van der Waals surface area contributed by atoms with Gasteiger partial charge in [-0.25, -0.2) is 13.1 Å². The van der Waals surface area contributed by atoms with Crippen LogP contribution in [0.3, 0.4) is 0 Å². The molecule has 2 rings (SSSR count). The topological polar surface area (TPSA) is 67.4 Å². The monoisotopic (exact) mass is 304 g/mol. The Labute approximate surface area is 118 Å². The maximum Gasteiger partial charge on any atom is 0.240 e. The molecule has 0 amide bonds. The van der Waals surface area contributed by atoms with Gasteiger partial charge in [-0.2, -0.15) is 0 Å². The molecule has 5 nitrogen and oxygen atoms in total. The lowest BCUT2D eigenvalue weighted by Gasteiger charge is -2.23. The molecule has 1 aliphatic heterocycles. The van der Waals surface area contributed by atoms with Crippen LogP contribution in [0, 0.1) is 6.92 Å². The third-order valence-electron chi connectivity index (χ3n) is 2.93. The number of sulfonamides is 1. The predicted octanol–water partition coefficient (Wildman–Crippen LogP) is 0.915. The minimum absolute atomic E-state index is 0.129. The highest BCUT2D eigenvalue weighted by atomic mass is 35.5. The number of hydrogen-bond donors (Lipinski definition) is 2. The zero-order valence-corrected chi connectivity index (χ0v) is 12.2. The predicted molar refractivity (Wildman–Crippen MR) is 74.0 cm³/mol. The largest absolute Gasteiger partial charge is 0.374 e. The molecule has 19 heavy (non-hydrogen) atoms. The number of aryl methyl sites for hydroxylation is 1. The standard InChI is InChI=1S/C12H17ClN2O3S/c1-9-6-10(13)2-3-12(9)19(16,17)15-8-11-7-14-4-5-18-11/h2-3,6,11,14-15H,4-5,7-8H2,1H3. The molecule has 1 heterocycles. The number of hydrogen-bond acceptors (Lipinski definition) is 4. The van der Waals surface area contributed by atoms with Gasteiger partial charge in [0.15, 0.2) is 0 Å². The van der Waals surface area contributed by atoms with E-state index in [1.807, 2.05) is 0 Å². The van der Waals surface area contributed by atoms with E-state index >= 15 is 0 Å². The van der Waals surface area contributed by atoms with E-state index in [1.54, 1.807) is 19.1 Å². The van der Waals surface area contributed by atoms with Gasteiger partial charge in [0.1, 0.15) is 0 Å². The summed E-state index contributed by atoms with van der Waals surface area (Å²) in [5, 5.41) is 3.68. The van der Waals surface area contributed by atoms with Crippen LogP contribution < -0.4 is 10.0 Å². The quantitative estimate of drug-likeness (QED) is 0.868. The van der Waals surface area contributed by atoms with Crippen LogP contribution in [-0.2, 0) is 14.8 Å². The van der Waals surface area contributed by atoms with Crippen molar-refractivity contribution in [2.75, 3.05) is 26.2 Å². The maximum atomic E-state index is 12.2. The van der Waals surface area contributed by atoms with Gasteiger partial charge < -0.3 is 10.1 Å². The molecule has 1 aromatic rings. The van der Waals surface area contributed by atoms with Gasteiger partial charge in [-0.15, -0.1) is 0 Å². The number of halogens is 1. The smallest absolute Gasteiger partial charge is 0.240 e. The van der Waals surface area contributed by atoms with Crippen LogP contribution in [0.25, 0.3) is 0 Å². The molecule has 0 saturated carbocycles. The Hall–Kier alpha value is -0.660. The summed E-state index contributed by atoms with van der Waals surface area (Å²) in [5.74, 6) is 0. The van der Waals surface area contributed by atoms with Crippen molar-refractivity contribution >= 4 is 21.6 Å². The van der Waals surface area contributed by atoms with Gasteiger partial charge in [-0.05, 0) is 30.7 Å². The van der Waals surface area contributed by atoms with Crippen LogP contribution in [0.1, 0.15) is 5.56 Å². The maximum absolute atomic E-state index is 12.2. The Balaban J connectivity index is 2.05. The van der Waals surface area contributed by atoms with Crippen molar-refractivity contribution in [1.82, 2.24) is 10.0 Å². The molecule has 1 aromatic carbocycles. The fraction of sp³-hybridized carbons (Fsp3) is 0.500. The first-order valence-corrected chi connectivity index (χ1v) is 7.93. The molecule has 0 spiro atoms. The van der Waals surface area contributed by atoms with Crippen LogP contribution in [0.4, 0.5) is 0 Å². The molecular weight excluding hydrogens is 288 g/mol. The summed E-state index contributed by atoms with van der Waals surface area (Å²) < 4.78 is 32.4. The van der Waals surface area contributed by atoms with E-state index < -0.39 is 10.0 Å². The van der Waals surface area contributed by atoms with E-state index in [0.717, 1.165) is 6.54 Å². The second-order valence-corrected chi connectivity index (χ2v) is 6.63. The van der Waals surface area contributed by atoms with Gasteiger partial charge in [0.2, 0.25) is 10.0 Å². The second kappa shape index (κ2) is 6.19. The average Bonchev–Trinajstić information content (AvgIpc) is 2.37. The lowest BCUT2D eigenvalue weighted by molar-refractivity contribution is 0.0324. The molecule has 106 valence electrons. The Bertz CT molecular complexity index is 542. The summed E-state index contributed by atoms with van der Waals surface area (Å²) in [4.78, 5) is 0.251. The van der Waals surface area contributed by atoms with E-state index in [2.05, 4.69) is 10.0 Å². The van der Waals surface area contributed by atoms with Crippen LogP contribution in [0.5, 0.6) is 0 Å². The molecule has 1 unspecified atom stereocenters. The number of benzene rings is 1. The number of nitrogens with one attached hydrogen (secondary N) is 2. The van der Waals surface area contributed by atoms with Gasteiger partial charge in [0.25, 0.3) is 0 Å². The van der Waals surface area contributed by atoms with Crippen LogP contribution in [0.2, 0.25) is 5.02 Å². The molecular formula is C12H17ClN2O3S. The minimum atomic E-state index is -3.52. The Morgan fingerprint density at radius 3 is 2.95 bits per heavy atom. The summed E-state index contributed by atoms with van der Waals surface area (Å²) in [7, 11) is -3.52. The highest BCUT2D eigenvalue weighted by Crippen LogP contribution is 2.19. The van der Waals surface area contributed by atoms with Gasteiger partial charge in [0, 0.05) is 24.7 Å². The molecule has 1 aliphatic rings. The minimum Gasteiger partial charge on any atom is -0.374 e. The molecule has 0 radical (unpaired) electrons. The van der Waals surface area contributed by atoms with Crippen molar-refractivity contribution < 1.29 is 13.2 Å². The van der Waals surface area contributed by atoms with E-state index in [-0.39, 0.29) is 17.5 Å². The van der Waals surface area contributed by atoms with Crippen LogP contribution in [0.15, 0.2) is 23.1 Å². The number of morpholine rings is 1. The van der Waals surface area contributed by atoms with E-state index in [0.29, 0.717) is 23.7 Å². The van der Waals surface area contributed by atoms with Gasteiger partial charge in [-0.3, -0.25) is 0 Å². The van der Waals surface area contributed by atoms with Crippen molar-refractivity contribution in [1.29, 1.82) is 0 Å². The fourth-order valence-electron chi connectivity index (χ4n) is 1.95. The molecule has 0 aromatic heterocycles. The van der Waals surface area contributed by atoms with E-state index in [9.17, 15) is 8.42 Å². The SMILES string of the molecule is Cc1cc(Cl)ccc1S(=O)(=O)NCC1CNCCO1. The van der Waals surface area contributed by atoms with Crippen molar-refractivity contribution in [2.45, 2.75) is 17.9 Å². The van der Waals surface area contributed by atoms with E-state index in [4.69, 9.17) is 16.3 Å². The Kier molecular flexibility index (Phi) is 4.81. The third-order valence-corrected chi connectivity index (χ3v) is 4.75. The van der Waals surface area contributed by atoms with Gasteiger partial charge in [-0.1, -0.05) is 11.6 Å². The summed E-state index contributed by atoms with van der Waals surface area (Å²) in [6, 6.07) is 4.72. The summed E-state index contributed by atoms with van der Waals surface area (Å²) in [6.45, 7) is 4.05. The lowest BCUT2D eigenvalue weighted by Crippen LogP contribution is -2.45. The van der Waals surface area contributed by atoms with Crippen LogP contribution in [-0.4, -0.2) is 40.8 Å². The summed E-state index contributed by atoms with van der Waals surface area (Å²) in [5.41, 5.74) is 0.627. The average molecular weight is 305 g/mol. The van der Waals surface area contributed by atoms with Crippen molar-refractivity contribution in [2.24, 2.45) is 0 Å². The van der Waals surface area contributed by atoms with Crippen molar-refractivity contribution in [3.05, 3.63) is 28.8 Å². The van der Waals surface area contributed by atoms with E-state index in [1.165, 1.54) is 6.07 Å². The first kappa shape index (κ1) is 14.7. The Morgan fingerprint density at radius 1 is 1.53 bits per heavy atom. The molecule has 1 atom stereocenters. The molecule has 0 aliphatic carbocycles. The lowest BCUT2D eigenvalue weighted by atomic mass is 10.2.